The van der Waals surface area contributed by atoms with Crippen molar-refractivity contribution in [3.8, 4) is 0 Å². The van der Waals surface area contributed by atoms with Crippen LogP contribution in [-0.4, -0.2) is 32.1 Å². The molecule has 6 heteroatoms. The first-order valence-electron chi connectivity index (χ1n) is 5.28. The molecule has 89 valence electrons. The number of hydrogen-bond donors (Lipinski definition) is 2. The highest BCUT2D eigenvalue weighted by Gasteiger charge is 2.14. The number of aryl methyl sites for hydroxylation is 1. The van der Waals surface area contributed by atoms with E-state index in [1.165, 1.54) is 0 Å². The third-order valence-corrected chi connectivity index (χ3v) is 2.21. The van der Waals surface area contributed by atoms with Crippen molar-refractivity contribution in [1.82, 2.24) is 15.0 Å². The molecule has 0 bridgehead atoms. The summed E-state index contributed by atoms with van der Waals surface area (Å²) in [5.74, 6) is -1.02. The van der Waals surface area contributed by atoms with Crippen LogP contribution < -0.4 is 5.73 Å². The molecule has 0 aliphatic rings. The van der Waals surface area contributed by atoms with Crippen LogP contribution in [0.15, 0.2) is 6.20 Å². The summed E-state index contributed by atoms with van der Waals surface area (Å²) in [6, 6.07) is -0.908. The second kappa shape index (κ2) is 6.22. The summed E-state index contributed by atoms with van der Waals surface area (Å²) in [6.07, 6.45) is 6.10. The fraction of sp³-hybridized carbons (Fsp3) is 0.600. The first kappa shape index (κ1) is 12.6. The Morgan fingerprint density at radius 3 is 3.12 bits per heavy atom. The number of aromatic nitrogens is 3. The Hall–Kier alpha value is -1.43. The van der Waals surface area contributed by atoms with Crippen LogP contribution in [-0.2, 0) is 17.8 Å². The summed E-state index contributed by atoms with van der Waals surface area (Å²) in [5, 5.41) is 16.4. The number of carboxylic acid groups (broad SMARTS) is 1. The van der Waals surface area contributed by atoms with Crippen molar-refractivity contribution in [2.24, 2.45) is 5.73 Å². The van der Waals surface area contributed by atoms with E-state index in [0.717, 1.165) is 19.4 Å². The fourth-order valence-electron chi connectivity index (χ4n) is 1.31. The Morgan fingerprint density at radius 1 is 1.75 bits per heavy atom. The van der Waals surface area contributed by atoms with E-state index in [0.29, 0.717) is 5.69 Å². The van der Waals surface area contributed by atoms with Crippen molar-refractivity contribution in [2.75, 3.05) is 0 Å². The molecule has 0 saturated heterocycles. The van der Waals surface area contributed by atoms with Gasteiger partial charge in [0.05, 0.1) is 5.69 Å². The molecule has 1 rings (SSSR count). The third-order valence-electron chi connectivity index (χ3n) is 2.21. The van der Waals surface area contributed by atoms with Gasteiger partial charge in [0.15, 0.2) is 0 Å². The van der Waals surface area contributed by atoms with Gasteiger partial charge < -0.3 is 10.8 Å². The van der Waals surface area contributed by atoms with E-state index in [1.54, 1.807) is 10.9 Å². The fourth-order valence-corrected chi connectivity index (χ4v) is 1.31. The van der Waals surface area contributed by atoms with Gasteiger partial charge in [-0.25, -0.2) is 0 Å². The Bertz CT molecular complexity index is 337. The molecule has 0 fully saturated rings. The molecule has 16 heavy (non-hydrogen) atoms. The summed E-state index contributed by atoms with van der Waals surface area (Å²) in [6.45, 7) is 2.80. The van der Waals surface area contributed by atoms with Crippen LogP contribution in [0.4, 0.5) is 0 Å². The van der Waals surface area contributed by atoms with Gasteiger partial charge in [0.1, 0.15) is 6.04 Å². The average Bonchev–Trinajstić information content (AvgIpc) is 2.66. The molecule has 1 aromatic heterocycles. The van der Waals surface area contributed by atoms with Crippen molar-refractivity contribution in [2.45, 2.75) is 38.8 Å². The predicted octanol–water partition coefficient (Wildman–Crippen LogP) is 0.237. The second-order valence-corrected chi connectivity index (χ2v) is 3.67. The number of nitrogens with two attached hydrogens (primary N) is 1. The molecule has 6 nitrogen and oxygen atoms in total. The molecule has 0 aliphatic carbocycles. The van der Waals surface area contributed by atoms with Gasteiger partial charge in [-0.2, -0.15) is 0 Å². The lowest BCUT2D eigenvalue weighted by atomic mass is 10.2. The SMILES string of the molecule is C[CH]CCCn1cc(C[C@@H](N)C(=O)O)nn1. The summed E-state index contributed by atoms with van der Waals surface area (Å²) in [4.78, 5) is 10.5. The Labute approximate surface area is 94.4 Å². The molecule has 1 heterocycles. The zero-order valence-corrected chi connectivity index (χ0v) is 9.33. The number of rotatable bonds is 7. The smallest absolute Gasteiger partial charge is 0.320 e. The molecule has 0 aromatic carbocycles. The van der Waals surface area contributed by atoms with Gasteiger partial charge >= 0.3 is 5.97 Å². The maximum absolute atomic E-state index is 10.5. The molecule has 0 unspecified atom stereocenters. The van der Waals surface area contributed by atoms with E-state index in [2.05, 4.69) is 16.7 Å². The van der Waals surface area contributed by atoms with Crippen LogP contribution >= 0.6 is 0 Å². The minimum absolute atomic E-state index is 0.217. The molecule has 0 aliphatic heterocycles. The molecule has 1 radical (unpaired) electrons. The largest absolute Gasteiger partial charge is 0.480 e. The molecule has 0 spiro atoms. The molecular formula is C10H17N4O2. The monoisotopic (exact) mass is 225 g/mol. The highest BCUT2D eigenvalue weighted by molar-refractivity contribution is 5.73. The third kappa shape index (κ3) is 3.98. The zero-order valence-electron chi connectivity index (χ0n) is 9.33. The van der Waals surface area contributed by atoms with Crippen molar-refractivity contribution in [3.63, 3.8) is 0 Å². The van der Waals surface area contributed by atoms with Crippen LogP contribution in [0.2, 0.25) is 0 Å². The summed E-state index contributed by atoms with van der Waals surface area (Å²) < 4.78 is 1.72. The average molecular weight is 225 g/mol. The number of carboxylic acids is 1. The Balaban J connectivity index is 2.42. The summed E-state index contributed by atoms with van der Waals surface area (Å²) >= 11 is 0. The summed E-state index contributed by atoms with van der Waals surface area (Å²) in [7, 11) is 0. The van der Waals surface area contributed by atoms with Gasteiger partial charge in [0.2, 0.25) is 0 Å². The Kier molecular flexibility index (Phi) is 4.91. The van der Waals surface area contributed by atoms with E-state index in [-0.39, 0.29) is 6.42 Å². The quantitative estimate of drug-likeness (QED) is 0.648. The van der Waals surface area contributed by atoms with E-state index >= 15 is 0 Å². The van der Waals surface area contributed by atoms with Crippen LogP contribution in [0.3, 0.4) is 0 Å². The Morgan fingerprint density at radius 2 is 2.50 bits per heavy atom. The van der Waals surface area contributed by atoms with E-state index in [9.17, 15) is 4.79 Å². The lowest BCUT2D eigenvalue weighted by molar-refractivity contribution is -0.138. The van der Waals surface area contributed by atoms with Crippen molar-refractivity contribution >= 4 is 5.97 Å². The maximum Gasteiger partial charge on any atom is 0.320 e. The molecular weight excluding hydrogens is 208 g/mol. The first-order chi connectivity index (χ1) is 7.63. The molecule has 1 atom stereocenters. The molecule has 3 N–H and O–H groups in total. The molecule has 0 saturated carbocycles. The van der Waals surface area contributed by atoms with Gasteiger partial charge in [-0.15, -0.1) is 5.10 Å². The van der Waals surface area contributed by atoms with Crippen LogP contribution in [0.25, 0.3) is 0 Å². The number of carbonyl (C=O) groups is 1. The van der Waals surface area contributed by atoms with Gasteiger partial charge in [-0.1, -0.05) is 12.1 Å². The number of hydrogen-bond acceptors (Lipinski definition) is 4. The minimum Gasteiger partial charge on any atom is -0.480 e. The summed E-state index contributed by atoms with van der Waals surface area (Å²) in [5.41, 5.74) is 6.02. The van der Waals surface area contributed by atoms with E-state index in [1.807, 2.05) is 6.92 Å². The molecule has 0 amide bonds. The molecule has 1 aromatic rings. The van der Waals surface area contributed by atoms with Crippen LogP contribution in [0, 0.1) is 6.42 Å². The highest BCUT2D eigenvalue weighted by Crippen LogP contribution is 2.00. The number of aliphatic carboxylic acids is 1. The van der Waals surface area contributed by atoms with Gasteiger partial charge in [-0.3, -0.25) is 9.48 Å². The number of nitrogens with zero attached hydrogens (tertiary/aromatic N) is 3. The standard InChI is InChI=1S/C10H17N4O2/c1-2-3-4-5-14-7-8(12-13-14)6-9(11)10(15)16/h2,7,9H,3-6,11H2,1H3,(H,15,16)/t9-/m1/s1. The topological polar surface area (TPSA) is 94.0 Å². The lowest BCUT2D eigenvalue weighted by Gasteiger charge is -2.01. The van der Waals surface area contributed by atoms with E-state index in [4.69, 9.17) is 10.8 Å². The highest BCUT2D eigenvalue weighted by atomic mass is 16.4. The van der Waals surface area contributed by atoms with Crippen molar-refractivity contribution in [1.29, 1.82) is 0 Å². The van der Waals surface area contributed by atoms with Crippen LogP contribution in [0.5, 0.6) is 0 Å². The zero-order chi connectivity index (χ0) is 12.0. The van der Waals surface area contributed by atoms with Gasteiger partial charge in [-0.05, 0) is 19.3 Å². The predicted molar refractivity (Wildman–Crippen MR) is 58.5 cm³/mol. The van der Waals surface area contributed by atoms with Crippen molar-refractivity contribution < 1.29 is 9.90 Å². The van der Waals surface area contributed by atoms with Gasteiger partial charge in [0.25, 0.3) is 0 Å². The van der Waals surface area contributed by atoms with Crippen molar-refractivity contribution in [3.05, 3.63) is 18.3 Å². The maximum atomic E-state index is 10.5. The minimum atomic E-state index is -1.02. The second-order valence-electron chi connectivity index (χ2n) is 3.67. The number of unbranched alkanes of at least 4 members (excludes halogenated alkanes) is 2. The van der Waals surface area contributed by atoms with Gasteiger partial charge in [0, 0.05) is 19.2 Å². The van der Waals surface area contributed by atoms with E-state index < -0.39 is 12.0 Å². The normalized spacial score (nSPS) is 12.6. The lowest BCUT2D eigenvalue weighted by Crippen LogP contribution is -2.32. The van der Waals surface area contributed by atoms with Crippen LogP contribution in [0.1, 0.15) is 25.5 Å². The first-order valence-corrected chi connectivity index (χ1v) is 5.28.